The molecule has 4 rings (SSSR count). The largest absolute Gasteiger partial charge is 0.489 e. The van der Waals surface area contributed by atoms with Crippen molar-refractivity contribution in [2.45, 2.75) is 37.3 Å². The molecule has 10 nitrogen and oxygen atoms in total. The molecule has 1 amide bonds. The smallest absolute Gasteiger partial charge is 0.409 e. The number of aromatic nitrogens is 1. The number of hydrogen-bond acceptors (Lipinski definition) is 8. The average Bonchev–Trinajstić information content (AvgIpc) is 2.85. The Kier molecular flexibility index (Phi) is 7.65. The fourth-order valence-corrected chi connectivity index (χ4v) is 5.71. The zero-order valence-corrected chi connectivity index (χ0v) is 21.7. The number of carbonyl (C=O) groups is 2. The van der Waals surface area contributed by atoms with Gasteiger partial charge in [-0.3, -0.25) is 9.78 Å². The maximum Gasteiger partial charge on any atom is 0.409 e. The van der Waals surface area contributed by atoms with Gasteiger partial charge < -0.3 is 19.1 Å². The number of amides is 1. The minimum absolute atomic E-state index is 0.00359. The van der Waals surface area contributed by atoms with E-state index in [1.165, 1.54) is 24.1 Å². The van der Waals surface area contributed by atoms with Gasteiger partial charge in [0.1, 0.15) is 12.4 Å². The summed E-state index contributed by atoms with van der Waals surface area (Å²) in [6.07, 6.45) is -0.792. The number of hydrogen-bond donors (Lipinski definition) is 1. The van der Waals surface area contributed by atoms with E-state index in [1.54, 1.807) is 19.1 Å². The molecule has 37 heavy (non-hydrogen) atoms. The highest BCUT2D eigenvalue weighted by atomic mass is 32.2. The van der Waals surface area contributed by atoms with Crippen LogP contribution >= 0.6 is 0 Å². The molecule has 1 N–H and O–H groups in total. The molecule has 0 aliphatic carbocycles. The Balaban J connectivity index is 1.45. The lowest BCUT2D eigenvalue weighted by molar-refractivity contribution is -0.143. The number of nitrogens with zero attached hydrogens (tertiary/aromatic N) is 2. The molecule has 1 saturated heterocycles. The molecule has 0 radical (unpaired) electrons. The van der Waals surface area contributed by atoms with Gasteiger partial charge in [0.05, 0.1) is 36.1 Å². The van der Waals surface area contributed by atoms with Gasteiger partial charge in [0.15, 0.2) is 0 Å². The first-order chi connectivity index (χ1) is 17.6. The van der Waals surface area contributed by atoms with Gasteiger partial charge in [-0.05, 0) is 50.2 Å². The van der Waals surface area contributed by atoms with Crippen LogP contribution in [0.1, 0.15) is 24.6 Å². The monoisotopic (exact) mass is 527 g/mol. The molecule has 0 saturated carbocycles. The Labute approximate surface area is 215 Å². The van der Waals surface area contributed by atoms with Crippen LogP contribution in [0, 0.1) is 6.92 Å². The number of rotatable bonds is 9. The van der Waals surface area contributed by atoms with Crippen LogP contribution in [-0.2, 0) is 30.9 Å². The first-order valence-corrected chi connectivity index (χ1v) is 13.2. The molecule has 2 aromatic carbocycles. The summed E-state index contributed by atoms with van der Waals surface area (Å²) in [7, 11) is -2.79. The van der Waals surface area contributed by atoms with E-state index in [9.17, 15) is 18.0 Å². The Bertz CT molecular complexity index is 1400. The van der Waals surface area contributed by atoms with Crippen molar-refractivity contribution in [2.24, 2.45) is 0 Å². The van der Waals surface area contributed by atoms with Crippen molar-refractivity contribution < 1.29 is 32.2 Å². The lowest BCUT2D eigenvalue weighted by Gasteiger charge is -2.48. The molecule has 0 bridgehead atoms. The molecule has 0 spiro atoms. The van der Waals surface area contributed by atoms with Crippen LogP contribution in [-0.4, -0.2) is 62.7 Å². The minimum Gasteiger partial charge on any atom is -0.489 e. The topological polar surface area (TPSA) is 124 Å². The number of sulfonamides is 1. The van der Waals surface area contributed by atoms with Gasteiger partial charge in [0.2, 0.25) is 10.0 Å². The van der Waals surface area contributed by atoms with Crippen molar-refractivity contribution in [3.05, 3.63) is 65.9 Å². The zero-order valence-electron chi connectivity index (χ0n) is 20.9. The van der Waals surface area contributed by atoms with Crippen LogP contribution in [0.3, 0.4) is 0 Å². The first-order valence-electron chi connectivity index (χ1n) is 11.8. The molecule has 0 atom stereocenters. The molecule has 1 aromatic heterocycles. The van der Waals surface area contributed by atoms with E-state index in [0.29, 0.717) is 12.4 Å². The number of esters is 1. The number of para-hydroxylation sites is 1. The summed E-state index contributed by atoms with van der Waals surface area (Å²) in [4.78, 5) is 29.8. The predicted octanol–water partition coefficient (Wildman–Crippen LogP) is 3.17. The molecule has 0 unspecified atom stereocenters. The van der Waals surface area contributed by atoms with E-state index in [4.69, 9.17) is 14.2 Å². The zero-order chi connectivity index (χ0) is 26.6. The highest BCUT2D eigenvalue weighted by Crippen LogP contribution is 2.29. The third-order valence-electron chi connectivity index (χ3n) is 6.03. The standard InChI is InChI=1S/C26H29N3O7S/c1-4-35-25(31)29-16-26(17-29,14-24(30)34-3)28-37(32,33)21-11-9-20(10-12-21)36-15-19-13-18(2)27-23-8-6-5-7-22(19)23/h5-13,28H,4,14-17H2,1-3H3. The van der Waals surface area contributed by atoms with Gasteiger partial charge in [-0.1, -0.05) is 18.2 Å². The number of pyridine rings is 1. The van der Waals surface area contributed by atoms with Gasteiger partial charge in [0, 0.05) is 29.7 Å². The van der Waals surface area contributed by atoms with Crippen LogP contribution in [0.4, 0.5) is 4.79 Å². The molecule has 2 heterocycles. The average molecular weight is 528 g/mol. The van der Waals surface area contributed by atoms with E-state index in [0.717, 1.165) is 22.2 Å². The lowest BCUT2D eigenvalue weighted by Crippen LogP contribution is -2.71. The molecule has 1 aliphatic rings. The van der Waals surface area contributed by atoms with Crippen LogP contribution < -0.4 is 9.46 Å². The molecular weight excluding hydrogens is 498 g/mol. The molecule has 11 heteroatoms. The van der Waals surface area contributed by atoms with Gasteiger partial charge in [0.25, 0.3) is 0 Å². The number of carbonyl (C=O) groups excluding carboxylic acids is 2. The van der Waals surface area contributed by atoms with Gasteiger partial charge in [-0.2, -0.15) is 0 Å². The van der Waals surface area contributed by atoms with Crippen molar-refractivity contribution in [1.29, 1.82) is 0 Å². The van der Waals surface area contributed by atoms with Crippen molar-refractivity contribution in [1.82, 2.24) is 14.6 Å². The van der Waals surface area contributed by atoms with Crippen LogP contribution in [0.25, 0.3) is 10.9 Å². The fourth-order valence-electron chi connectivity index (χ4n) is 4.32. The minimum atomic E-state index is -4.01. The number of fused-ring (bicyclic) bond motifs is 1. The number of methoxy groups -OCH3 is 1. The van der Waals surface area contributed by atoms with E-state index in [1.807, 2.05) is 37.3 Å². The molecular formula is C26H29N3O7S. The summed E-state index contributed by atoms with van der Waals surface area (Å²) in [5.74, 6) is -0.0901. The second kappa shape index (κ2) is 10.7. The first kappa shape index (κ1) is 26.4. The van der Waals surface area contributed by atoms with Crippen LogP contribution in [0.5, 0.6) is 5.75 Å². The Morgan fingerprint density at radius 2 is 1.81 bits per heavy atom. The third-order valence-corrected chi connectivity index (χ3v) is 7.63. The van der Waals surface area contributed by atoms with Crippen molar-refractivity contribution in [3.63, 3.8) is 0 Å². The summed E-state index contributed by atoms with van der Waals surface area (Å²) in [5, 5.41) is 0.991. The number of ether oxygens (including phenoxy) is 3. The van der Waals surface area contributed by atoms with Gasteiger partial charge in [-0.25, -0.2) is 17.9 Å². The summed E-state index contributed by atoms with van der Waals surface area (Å²) >= 11 is 0. The van der Waals surface area contributed by atoms with E-state index in [-0.39, 0.29) is 31.0 Å². The SMILES string of the molecule is CCOC(=O)N1CC(CC(=O)OC)(NS(=O)(=O)c2ccc(OCc3cc(C)nc4ccccc34)cc2)C1. The summed E-state index contributed by atoms with van der Waals surface area (Å²) in [5.41, 5.74) is 1.55. The number of benzene rings is 2. The Morgan fingerprint density at radius 3 is 2.49 bits per heavy atom. The normalized spacial score (nSPS) is 14.6. The molecule has 1 aliphatic heterocycles. The van der Waals surface area contributed by atoms with E-state index >= 15 is 0 Å². The summed E-state index contributed by atoms with van der Waals surface area (Å²) in [6, 6.07) is 15.8. The highest BCUT2D eigenvalue weighted by molar-refractivity contribution is 7.89. The van der Waals surface area contributed by atoms with Gasteiger partial charge in [-0.15, -0.1) is 0 Å². The molecule has 196 valence electrons. The molecule has 1 fully saturated rings. The van der Waals surface area contributed by atoms with E-state index < -0.39 is 27.6 Å². The van der Waals surface area contributed by atoms with Crippen molar-refractivity contribution in [3.8, 4) is 5.75 Å². The predicted molar refractivity (Wildman–Crippen MR) is 136 cm³/mol. The maximum atomic E-state index is 13.1. The fraction of sp³-hybridized carbons (Fsp3) is 0.346. The number of likely N-dealkylation sites (tertiary alicyclic amines) is 1. The number of nitrogens with one attached hydrogen (secondary N) is 1. The van der Waals surface area contributed by atoms with Crippen LogP contribution in [0.2, 0.25) is 0 Å². The second-order valence-corrected chi connectivity index (χ2v) is 10.6. The Morgan fingerprint density at radius 1 is 1.11 bits per heavy atom. The lowest BCUT2D eigenvalue weighted by atomic mass is 9.88. The van der Waals surface area contributed by atoms with E-state index in [2.05, 4.69) is 9.71 Å². The maximum absolute atomic E-state index is 13.1. The second-order valence-electron chi connectivity index (χ2n) is 8.89. The Hall–Kier alpha value is -3.70. The third kappa shape index (κ3) is 6.00. The quantitative estimate of drug-likeness (QED) is 0.421. The highest BCUT2D eigenvalue weighted by Gasteiger charge is 2.50. The van der Waals surface area contributed by atoms with Crippen LogP contribution in [0.15, 0.2) is 59.5 Å². The number of aryl methyl sites for hydroxylation is 1. The summed E-state index contributed by atoms with van der Waals surface area (Å²) < 4.78 is 44.5. The van der Waals surface area contributed by atoms with Crippen molar-refractivity contribution >= 4 is 33.0 Å². The summed E-state index contributed by atoms with van der Waals surface area (Å²) in [6.45, 7) is 4.05. The van der Waals surface area contributed by atoms with Crippen molar-refractivity contribution in [2.75, 3.05) is 26.8 Å². The molecule has 3 aromatic rings. The van der Waals surface area contributed by atoms with Gasteiger partial charge >= 0.3 is 12.1 Å².